The van der Waals surface area contributed by atoms with Crippen LogP contribution in [0, 0.1) is 11.7 Å². The molecule has 1 saturated heterocycles. The van der Waals surface area contributed by atoms with Crippen LogP contribution in [0.1, 0.15) is 33.4 Å². The molecule has 6 nitrogen and oxygen atoms in total. The van der Waals surface area contributed by atoms with Gasteiger partial charge in [0.15, 0.2) is 0 Å². The first-order valence-electron chi connectivity index (χ1n) is 11.6. The monoisotopic (exact) mass is 486 g/mol. The Morgan fingerprint density at radius 1 is 0.944 bits per heavy atom. The summed E-state index contributed by atoms with van der Waals surface area (Å²) in [5.41, 5.74) is 1.61. The number of hydrogen-bond acceptors (Lipinski definition) is 4. The minimum atomic E-state index is -1.04. The molecule has 4 rings (SSSR count). The zero-order chi connectivity index (χ0) is 25.7. The van der Waals surface area contributed by atoms with Gasteiger partial charge < -0.3 is 15.0 Å². The summed E-state index contributed by atoms with van der Waals surface area (Å²) in [6.45, 7) is 3.85. The van der Waals surface area contributed by atoms with Gasteiger partial charge in [-0.2, -0.15) is 0 Å². The summed E-state index contributed by atoms with van der Waals surface area (Å²) in [7, 11) is 1.30. The number of carbonyl (C=O) groups excluding carboxylic acids is 3. The molecule has 1 heterocycles. The molecule has 4 atom stereocenters. The van der Waals surface area contributed by atoms with Crippen molar-refractivity contribution in [3.05, 3.63) is 120 Å². The average Bonchev–Trinajstić information content (AvgIpc) is 3.28. The van der Waals surface area contributed by atoms with E-state index in [9.17, 15) is 18.8 Å². The average molecular weight is 487 g/mol. The van der Waals surface area contributed by atoms with E-state index in [2.05, 4.69) is 11.9 Å². The van der Waals surface area contributed by atoms with Crippen LogP contribution in [-0.4, -0.2) is 42.4 Å². The summed E-state index contributed by atoms with van der Waals surface area (Å²) >= 11 is 0. The maximum Gasteiger partial charge on any atom is 0.311 e. The van der Waals surface area contributed by atoms with Crippen LogP contribution in [0.25, 0.3) is 0 Å². The minimum Gasteiger partial charge on any atom is -0.469 e. The molecule has 0 radical (unpaired) electrons. The van der Waals surface area contributed by atoms with Gasteiger partial charge in [-0.05, 0) is 35.4 Å². The Balaban J connectivity index is 1.96. The highest BCUT2D eigenvalue weighted by molar-refractivity contribution is 6.00. The maximum atomic E-state index is 14.0. The molecule has 3 aromatic carbocycles. The molecular weight excluding hydrogens is 459 g/mol. The van der Waals surface area contributed by atoms with Crippen molar-refractivity contribution in [3.63, 3.8) is 0 Å². The highest BCUT2D eigenvalue weighted by Crippen LogP contribution is 2.51. The van der Waals surface area contributed by atoms with Crippen LogP contribution < -0.4 is 5.32 Å². The van der Waals surface area contributed by atoms with Crippen LogP contribution in [0.15, 0.2) is 97.6 Å². The Hall–Kier alpha value is -4.26. The molecule has 2 amide bonds. The lowest BCUT2D eigenvalue weighted by Gasteiger charge is -2.31. The summed E-state index contributed by atoms with van der Waals surface area (Å²) in [6, 6.07) is 21.5. The fourth-order valence-corrected chi connectivity index (χ4v) is 4.97. The Bertz CT molecular complexity index is 1230. The third-order valence-corrected chi connectivity index (χ3v) is 6.48. The molecule has 1 aliphatic rings. The smallest absolute Gasteiger partial charge is 0.311 e. The normalized spacial score (nSPS) is 21.0. The van der Waals surface area contributed by atoms with Gasteiger partial charge >= 0.3 is 5.97 Å². The van der Waals surface area contributed by atoms with E-state index in [1.807, 2.05) is 60.7 Å². The number of ether oxygens (including phenoxy) is 1. The first-order valence-corrected chi connectivity index (χ1v) is 11.6. The van der Waals surface area contributed by atoms with Crippen molar-refractivity contribution < 1.29 is 23.5 Å². The molecule has 0 saturated carbocycles. The zero-order valence-electron chi connectivity index (χ0n) is 19.8. The second kappa shape index (κ2) is 11.0. The van der Waals surface area contributed by atoms with E-state index in [0.717, 1.165) is 5.56 Å². The Kier molecular flexibility index (Phi) is 7.59. The quantitative estimate of drug-likeness (QED) is 0.400. The summed E-state index contributed by atoms with van der Waals surface area (Å²) in [5, 5.41) is 2.81. The highest BCUT2D eigenvalue weighted by Gasteiger charge is 2.58. The number of nitrogens with zero attached hydrogens (tertiary/aromatic N) is 1. The van der Waals surface area contributed by atoms with Gasteiger partial charge in [-0.25, -0.2) is 4.39 Å². The van der Waals surface area contributed by atoms with Crippen molar-refractivity contribution in [2.75, 3.05) is 13.7 Å². The van der Waals surface area contributed by atoms with Crippen LogP contribution >= 0.6 is 0 Å². The van der Waals surface area contributed by atoms with Crippen molar-refractivity contribution >= 4 is 17.8 Å². The Morgan fingerprint density at radius 3 is 2.08 bits per heavy atom. The molecule has 0 bridgehead atoms. The Morgan fingerprint density at radius 2 is 1.53 bits per heavy atom. The predicted molar refractivity (Wildman–Crippen MR) is 133 cm³/mol. The molecule has 1 fully saturated rings. The summed E-state index contributed by atoms with van der Waals surface area (Å²) in [5.74, 6) is -3.50. The largest absolute Gasteiger partial charge is 0.469 e. The lowest BCUT2D eigenvalue weighted by atomic mass is 9.80. The van der Waals surface area contributed by atoms with Gasteiger partial charge in [-0.15, -0.1) is 6.58 Å². The van der Waals surface area contributed by atoms with E-state index >= 15 is 0 Å². The van der Waals surface area contributed by atoms with Gasteiger partial charge in [0.25, 0.3) is 5.91 Å². The van der Waals surface area contributed by atoms with Gasteiger partial charge in [-0.1, -0.05) is 66.7 Å². The number of amides is 2. The molecule has 1 N–H and O–H groups in total. The van der Waals surface area contributed by atoms with Gasteiger partial charge in [0.1, 0.15) is 11.9 Å². The molecule has 3 aromatic rings. The van der Waals surface area contributed by atoms with Crippen molar-refractivity contribution in [1.82, 2.24) is 10.2 Å². The van der Waals surface area contributed by atoms with Crippen LogP contribution in [0.2, 0.25) is 0 Å². The molecule has 7 heteroatoms. The van der Waals surface area contributed by atoms with Crippen molar-refractivity contribution in [2.24, 2.45) is 5.92 Å². The number of carbonyl (C=O) groups is 3. The fourth-order valence-electron chi connectivity index (χ4n) is 4.97. The molecule has 36 heavy (non-hydrogen) atoms. The summed E-state index contributed by atoms with van der Waals surface area (Å²) in [4.78, 5) is 42.5. The number of nitrogens with one attached hydrogen (secondary N) is 1. The molecule has 0 aromatic heterocycles. The van der Waals surface area contributed by atoms with Crippen LogP contribution in [0.4, 0.5) is 4.39 Å². The van der Waals surface area contributed by atoms with E-state index in [-0.39, 0.29) is 12.1 Å². The molecule has 184 valence electrons. The van der Waals surface area contributed by atoms with Crippen molar-refractivity contribution in [2.45, 2.75) is 18.0 Å². The molecule has 0 aliphatic carbocycles. The summed E-state index contributed by atoms with van der Waals surface area (Å²) < 4.78 is 18.9. The van der Waals surface area contributed by atoms with Crippen molar-refractivity contribution in [1.29, 1.82) is 0 Å². The third kappa shape index (κ3) is 4.77. The number of methoxy groups -OCH3 is 1. The van der Waals surface area contributed by atoms with Gasteiger partial charge in [0, 0.05) is 18.0 Å². The molecule has 4 unspecified atom stereocenters. The maximum absolute atomic E-state index is 14.0. The number of hydrogen-bond donors (Lipinski definition) is 1. The third-order valence-electron chi connectivity index (χ3n) is 6.48. The lowest BCUT2D eigenvalue weighted by molar-refractivity contribution is -0.146. The molecule has 0 spiro atoms. The zero-order valence-corrected chi connectivity index (χ0v) is 19.8. The molecular formula is C29H27FN2O4. The molecule has 1 aliphatic heterocycles. The van der Waals surface area contributed by atoms with Gasteiger partial charge in [0.05, 0.1) is 19.1 Å². The van der Waals surface area contributed by atoms with Gasteiger partial charge in [-0.3, -0.25) is 14.4 Å². The predicted octanol–water partition coefficient (Wildman–Crippen LogP) is 4.27. The van der Waals surface area contributed by atoms with Crippen LogP contribution in [-0.2, 0) is 14.3 Å². The van der Waals surface area contributed by atoms with E-state index in [4.69, 9.17) is 4.74 Å². The highest BCUT2D eigenvalue weighted by atomic mass is 19.1. The van der Waals surface area contributed by atoms with E-state index in [1.54, 1.807) is 6.08 Å². The first-order chi connectivity index (χ1) is 17.5. The number of benzene rings is 3. The number of halogens is 1. The van der Waals surface area contributed by atoms with E-state index in [1.165, 1.54) is 36.3 Å². The van der Waals surface area contributed by atoms with Crippen LogP contribution in [0.3, 0.4) is 0 Å². The van der Waals surface area contributed by atoms with Gasteiger partial charge in [0.2, 0.25) is 5.91 Å². The second-order valence-electron chi connectivity index (χ2n) is 8.54. The minimum absolute atomic E-state index is 0.189. The number of rotatable bonds is 7. The topological polar surface area (TPSA) is 75.7 Å². The first kappa shape index (κ1) is 24.9. The number of likely N-dealkylation sites (tertiary alicyclic amines) is 1. The Labute approximate surface area is 209 Å². The lowest BCUT2D eigenvalue weighted by Crippen LogP contribution is -2.48. The van der Waals surface area contributed by atoms with E-state index < -0.39 is 47.5 Å². The summed E-state index contributed by atoms with van der Waals surface area (Å²) in [6.07, 6.45) is 1.54. The standard InChI is InChI=1S/C29H27FN2O4/c1-3-18-31-27(33)26-23(19-10-6-4-7-11-19)24(29(35)36-2)25(20-12-8-5-9-13-20)32(26)28(34)21-14-16-22(30)17-15-21/h3-17,23-26H,1,18H2,2H3,(H,31,33). The number of esters is 1. The van der Waals surface area contributed by atoms with E-state index in [0.29, 0.717) is 5.56 Å². The van der Waals surface area contributed by atoms with Crippen LogP contribution in [0.5, 0.6) is 0 Å². The fraction of sp³-hybridized carbons (Fsp3) is 0.207. The van der Waals surface area contributed by atoms with Crippen molar-refractivity contribution in [3.8, 4) is 0 Å². The SMILES string of the molecule is C=CCNC(=O)C1C(c2ccccc2)C(C(=O)OC)C(c2ccccc2)N1C(=O)c1ccc(F)cc1. The second-order valence-corrected chi connectivity index (χ2v) is 8.54.